The first-order chi connectivity index (χ1) is 5.75. The van der Waals surface area contributed by atoms with Gasteiger partial charge in [0.1, 0.15) is 0 Å². The summed E-state index contributed by atoms with van der Waals surface area (Å²) in [7, 11) is 2.12. The van der Waals surface area contributed by atoms with Crippen LogP contribution in [0.4, 0.5) is 0 Å². The van der Waals surface area contributed by atoms with Gasteiger partial charge in [0.15, 0.2) is 0 Å². The largest absolute Gasteiger partial charge is 0.372 e. The van der Waals surface area contributed by atoms with Gasteiger partial charge in [-0.3, -0.25) is 0 Å². The molecule has 68 valence electrons. The number of hydrogen-bond donors (Lipinski definition) is 0. The lowest BCUT2D eigenvalue weighted by atomic mass is 9.94. The molecule has 0 amide bonds. The molecule has 1 aliphatic carbocycles. The summed E-state index contributed by atoms with van der Waals surface area (Å²) in [5, 5.41) is 0. The molecular formula is C11H19N. The third kappa shape index (κ3) is 2.13. The third-order valence-electron chi connectivity index (χ3n) is 2.81. The maximum absolute atomic E-state index is 3.96. The number of hydrogen-bond acceptors (Lipinski definition) is 1. The number of allylic oxidation sites excluding steroid dienone is 1. The van der Waals surface area contributed by atoms with Gasteiger partial charge in [-0.1, -0.05) is 32.4 Å². The van der Waals surface area contributed by atoms with Crippen molar-refractivity contribution in [3.05, 3.63) is 24.9 Å². The summed E-state index contributed by atoms with van der Waals surface area (Å²) in [5.74, 6) is 0. The zero-order chi connectivity index (χ0) is 8.97. The highest BCUT2D eigenvalue weighted by Crippen LogP contribution is 2.23. The second-order valence-corrected chi connectivity index (χ2v) is 3.60. The molecule has 0 aliphatic heterocycles. The summed E-state index contributed by atoms with van der Waals surface area (Å²) in [5.41, 5.74) is 1.06. The molecule has 0 aromatic heterocycles. The van der Waals surface area contributed by atoms with Crippen LogP contribution in [-0.4, -0.2) is 18.0 Å². The Labute approximate surface area is 75.8 Å². The van der Waals surface area contributed by atoms with Gasteiger partial charge in [-0.15, -0.1) is 0 Å². The number of nitrogens with zero attached hydrogens (tertiary/aromatic N) is 1. The summed E-state index contributed by atoms with van der Waals surface area (Å²) in [6.07, 6.45) is 8.64. The molecule has 0 unspecified atom stereocenters. The van der Waals surface area contributed by atoms with Crippen molar-refractivity contribution in [3.8, 4) is 0 Å². The van der Waals surface area contributed by atoms with Crippen molar-refractivity contribution in [3.63, 3.8) is 0 Å². The second-order valence-electron chi connectivity index (χ2n) is 3.60. The van der Waals surface area contributed by atoms with Crippen LogP contribution in [0.5, 0.6) is 0 Å². The van der Waals surface area contributed by atoms with Crippen LogP contribution in [0, 0.1) is 0 Å². The minimum Gasteiger partial charge on any atom is -0.372 e. The van der Waals surface area contributed by atoms with Crippen molar-refractivity contribution >= 4 is 0 Å². The lowest BCUT2D eigenvalue weighted by molar-refractivity contribution is 0.242. The Morgan fingerprint density at radius 3 is 2.42 bits per heavy atom. The van der Waals surface area contributed by atoms with Crippen molar-refractivity contribution in [2.24, 2.45) is 0 Å². The van der Waals surface area contributed by atoms with Gasteiger partial charge in [-0.25, -0.2) is 0 Å². The van der Waals surface area contributed by atoms with E-state index in [1.54, 1.807) is 0 Å². The fraction of sp³-hybridized carbons (Fsp3) is 0.636. The standard InChI is InChI=1S/C11H19N/c1-4-10(2)12(3)11-8-6-5-7-9-11/h4,11H,1-2,5-9H2,3H3. The van der Waals surface area contributed by atoms with E-state index in [-0.39, 0.29) is 0 Å². The Morgan fingerprint density at radius 1 is 1.33 bits per heavy atom. The van der Waals surface area contributed by atoms with Gasteiger partial charge in [0, 0.05) is 18.8 Å². The molecular weight excluding hydrogens is 146 g/mol. The molecule has 0 heterocycles. The fourth-order valence-electron chi connectivity index (χ4n) is 1.85. The van der Waals surface area contributed by atoms with E-state index in [9.17, 15) is 0 Å². The Morgan fingerprint density at radius 2 is 1.92 bits per heavy atom. The average Bonchev–Trinajstić information content (AvgIpc) is 2.17. The molecule has 1 heteroatoms. The maximum Gasteiger partial charge on any atom is 0.0287 e. The minimum absolute atomic E-state index is 0.712. The van der Waals surface area contributed by atoms with Crippen molar-refractivity contribution < 1.29 is 0 Å². The highest BCUT2D eigenvalue weighted by Gasteiger charge is 2.17. The van der Waals surface area contributed by atoms with Crippen molar-refractivity contribution in [1.29, 1.82) is 0 Å². The predicted octanol–water partition coefficient (Wildman–Crippen LogP) is 2.95. The van der Waals surface area contributed by atoms with E-state index in [1.165, 1.54) is 32.1 Å². The fourth-order valence-corrected chi connectivity index (χ4v) is 1.85. The maximum atomic E-state index is 3.96. The predicted molar refractivity (Wildman–Crippen MR) is 54.0 cm³/mol. The van der Waals surface area contributed by atoms with E-state index in [0.29, 0.717) is 6.04 Å². The average molecular weight is 165 g/mol. The molecule has 0 N–H and O–H groups in total. The molecule has 0 radical (unpaired) electrons. The summed E-state index contributed by atoms with van der Waals surface area (Å²) >= 11 is 0. The number of rotatable bonds is 3. The van der Waals surface area contributed by atoms with Gasteiger partial charge in [-0.2, -0.15) is 0 Å². The molecule has 0 aromatic rings. The highest BCUT2D eigenvalue weighted by atomic mass is 15.1. The minimum atomic E-state index is 0.712. The molecule has 0 bridgehead atoms. The second kappa shape index (κ2) is 4.34. The molecule has 12 heavy (non-hydrogen) atoms. The van der Waals surface area contributed by atoms with E-state index in [4.69, 9.17) is 0 Å². The quantitative estimate of drug-likeness (QED) is 0.581. The van der Waals surface area contributed by atoms with Crippen molar-refractivity contribution in [2.45, 2.75) is 38.1 Å². The molecule has 0 saturated heterocycles. The molecule has 0 aromatic carbocycles. The lowest BCUT2D eigenvalue weighted by Gasteiger charge is -2.33. The lowest BCUT2D eigenvalue weighted by Crippen LogP contribution is -2.31. The van der Waals surface area contributed by atoms with Crippen molar-refractivity contribution in [1.82, 2.24) is 4.90 Å². The highest BCUT2D eigenvalue weighted by molar-refractivity contribution is 5.10. The molecule has 0 spiro atoms. The van der Waals surface area contributed by atoms with Crippen LogP contribution in [0.2, 0.25) is 0 Å². The topological polar surface area (TPSA) is 3.24 Å². The van der Waals surface area contributed by atoms with Crippen LogP contribution in [0.25, 0.3) is 0 Å². The summed E-state index contributed by atoms with van der Waals surface area (Å²) < 4.78 is 0. The van der Waals surface area contributed by atoms with Crippen LogP contribution in [0.1, 0.15) is 32.1 Å². The van der Waals surface area contributed by atoms with E-state index < -0.39 is 0 Å². The normalized spacial score (nSPS) is 18.8. The molecule has 1 aliphatic rings. The first kappa shape index (κ1) is 9.37. The Bertz CT molecular complexity index is 166. The van der Waals surface area contributed by atoms with Crippen LogP contribution in [0.3, 0.4) is 0 Å². The van der Waals surface area contributed by atoms with Crippen LogP contribution < -0.4 is 0 Å². The van der Waals surface area contributed by atoms with Gasteiger partial charge in [-0.05, 0) is 18.9 Å². The van der Waals surface area contributed by atoms with Gasteiger partial charge < -0.3 is 4.90 Å². The third-order valence-corrected chi connectivity index (χ3v) is 2.81. The Hall–Kier alpha value is -0.720. The SMILES string of the molecule is C=CC(=C)N(C)C1CCCCC1. The van der Waals surface area contributed by atoms with E-state index in [1.807, 2.05) is 6.08 Å². The van der Waals surface area contributed by atoms with E-state index >= 15 is 0 Å². The van der Waals surface area contributed by atoms with Crippen molar-refractivity contribution in [2.75, 3.05) is 7.05 Å². The molecule has 1 nitrogen and oxygen atoms in total. The molecule has 1 fully saturated rings. The Balaban J connectivity index is 2.44. The van der Waals surface area contributed by atoms with Gasteiger partial charge in [0.2, 0.25) is 0 Å². The van der Waals surface area contributed by atoms with Crippen LogP contribution in [0.15, 0.2) is 24.9 Å². The molecule has 0 atom stereocenters. The van der Waals surface area contributed by atoms with Gasteiger partial charge in [0.25, 0.3) is 0 Å². The zero-order valence-electron chi connectivity index (χ0n) is 8.05. The summed E-state index contributed by atoms with van der Waals surface area (Å²) in [4.78, 5) is 2.27. The monoisotopic (exact) mass is 165 g/mol. The molecule has 1 rings (SSSR count). The number of likely N-dealkylation sites (N-methyl/N-ethyl adjacent to an activating group) is 1. The summed E-state index contributed by atoms with van der Waals surface area (Å²) in [6.45, 7) is 7.69. The van der Waals surface area contributed by atoms with E-state index in [2.05, 4.69) is 25.1 Å². The molecule has 1 saturated carbocycles. The van der Waals surface area contributed by atoms with Gasteiger partial charge >= 0.3 is 0 Å². The first-order valence-electron chi connectivity index (χ1n) is 4.80. The van der Waals surface area contributed by atoms with E-state index in [0.717, 1.165) is 5.70 Å². The summed E-state index contributed by atoms with van der Waals surface area (Å²) in [6, 6.07) is 0.712. The first-order valence-corrected chi connectivity index (χ1v) is 4.80. The zero-order valence-corrected chi connectivity index (χ0v) is 8.05. The van der Waals surface area contributed by atoms with Crippen LogP contribution in [-0.2, 0) is 0 Å². The smallest absolute Gasteiger partial charge is 0.0287 e. The van der Waals surface area contributed by atoms with Gasteiger partial charge in [0.05, 0.1) is 0 Å². The Kier molecular flexibility index (Phi) is 3.39. The van der Waals surface area contributed by atoms with Crippen LogP contribution >= 0.6 is 0 Å².